The average molecular weight is 278 g/mol. The van der Waals surface area contributed by atoms with Gasteiger partial charge in [0.05, 0.1) is 0 Å². The molecule has 1 N–H and O–H groups in total. The summed E-state index contributed by atoms with van der Waals surface area (Å²) >= 11 is 3.39. The molecule has 15 heavy (non-hydrogen) atoms. The van der Waals surface area contributed by atoms with Crippen molar-refractivity contribution in [2.24, 2.45) is 5.92 Å². The molecule has 0 aliphatic carbocycles. The number of carbonyl (C=O) groups is 1. The van der Waals surface area contributed by atoms with E-state index in [0.717, 1.165) is 18.3 Å². The molecule has 0 aromatic rings. The second-order valence-electron chi connectivity index (χ2n) is 4.23. The molecule has 0 aromatic heterocycles. The number of unbranched alkanes of at least 4 members (excludes halogenated alkanes) is 4. The molecule has 3 heteroatoms. The maximum atomic E-state index is 11.4. The normalized spacial score (nSPS) is 12.5. The zero-order valence-electron chi connectivity index (χ0n) is 10.0. The van der Waals surface area contributed by atoms with Crippen molar-refractivity contribution in [3.63, 3.8) is 0 Å². The van der Waals surface area contributed by atoms with Crippen LogP contribution in [0.3, 0.4) is 0 Å². The lowest BCUT2D eigenvalue weighted by atomic mass is 10.1. The topological polar surface area (TPSA) is 29.1 Å². The molecule has 0 saturated carbocycles. The summed E-state index contributed by atoms with van der Waals surface area (Å²) in [4.78, 5) is 11.4. The van der Waals surface area contributed by atoms with Crippen molar-refractivity contribution < 1.29 is 4.79 Å². The lowest BCUT2D eigenvalue weighted by molar-refractivity contribution is -0.121. The molecule has 1 unspecified atom stereocenters. The summed E-state index contributed by atoms with van der Waals surface area (Å²) in [5.74, 6) is 0.730. The Morgan fingerprint density at radius 2 is 1.93 bits per heavy atom. The third-order valence-electron chi connectivity index (χ3n) is 2.42. The van der Waals surface area contributed by atoms with Gasteiger partial charge in [-0.05, 0) is 12.3 Å². The summed E-state index contributed by atoms with van der Waals surface area (Å²) in [6, 6.07) is 0. The fourth-order valence-corrected chi connectivity index (χ4v) is 1.55. The van der Waals surface area contributed by atoms with Crippen LogP contribution in [-0.2, 0) is 4.79 Å². The second-order valence-corrected chi connectivity index (χ2v) is 4.88. The van der Waals surface area contributed by atoms with Gasteiger partial charge >= 0.3 is 0 Å². The Labute approximate surface area is 102 Å². The number of hydrogen-bond acceptors (Lipinski definition) is 1. The van der Waals surface area contributed by atoms with E-state index in [-0.39, 0.29) is 5.91 Å². The van der Waals surface area contributed by atoms with Crippen molar-refractivity contribution in [3.8, 4) is 0 Å². The fourth-order valence-electron chi connectivity index (χ4n) is 1.32. The Hall–Kier alpha value is -0.0500. The summed E-state index contributed by atoms with van der Waals surface area (Å²) in [6.45, 7) is 5.11. The highest BCUT2D eigenvalue weighted by molar-refractivity contribution is 9.09. The van der Waals surface area contributed by atoms with E-state index >= 15 is 0 Å². The van der Waals surface area contributed by atoms with Gasteiger partial charge in [-0.25, -0.2) is 0 Å². The molecular weight excluding hydrogens is 254 g/mol. The number of nitrogens with one attached hydrogen (secondary N) is 1. The number of rotatable bonds is 9. The van der Waals surface area contributed by atoms with Gasteiger partial charge in [0, 0.05) is 18.3 Å². The third kappa shape index (κ3) is 10.2. The number of alkyl halides is 1. The SMILES string of the molecule is CCCCCCCC(=O)NCC(C)CBr. The minimum atomic E-state index is 0.208. The van der Waals surface area contributed by atoms with Crippen molar-refractivity contribution in [3.05, 3.63) is 0 Å². The summed E-state index contributed by atoms with van der Waals surface area (Å²) in [5, 5.41) is 3.90. The van der Waals surface area contributed by atoms with Crippen LogP contribution in [0, 0.1) is 5.92 Å². The first-order valence-electron chi connectivity index (χ1n) is 6.03. The van der Waals surface area contributed by atoms with E-state index in [2.05, 4.69) is 35.1 Å². The van der Waals surface area contributed by atoms with Crippen LogP contribution >= 0.6 is 15.9 Å². The maximum absolute atomic E-state index is 11.4. The van der Waals surface area contributed by atoms with E-state index in [0.29, 0.717) is 12.3 Å². The Kier molecular flexibility index (Phi) is 10.4. The molecule has 0 aliphatic heterocycles. The zero-order valence-corrected chi connectivity index (χ0v) is 11.6. The molecule has 0 heterocycles. The number of amides is 1. The molecule has 2 nitrogen and oxygen atoms in total. The van der Waals surface area contributed by atoms with Crippen LogP contribution in [-0.4, -0.2) is 17.8 Å². The molecule has 0 spiro atoms. The molecule has 90 valence electrons. The van der Waals surface area contributed by atoms with Gasteiger partial charge in [-0.3, -0.25) is 4.79 Å². The van der Waals surface area contributed by atoms with Crippen LogP contribution in [0.1, 0.15) is 52.4 Å². The number of hydrogen-bond donors (Lipinski definition) is 1. The third-order valence-corrected chi connectivity index (χ3v) is 3.52. The van der Waals surface area contributed by atoms with E-state index in [1.165, 1.54) is 25.7 Å². The predicted octanol–water partition coefficient (Wildman–Crippen LogP) is 3.49. The number of carbonyl (C=O) groups excluding carboxylic acids is 1. The van der Waals surface area contributed by atoms with Crippen molar-refractivity contribution in [1.29, 1.82) is 0 Å². The summed E-state index contributed by atoms with van der Waals surface area (Å²) < 4.78 is 0. The number of halogens is 1. The molecular formula is C12H24BrNO. The lowest BCUT2D eigenvalue weighted by Gasteiger charge is -2.09. The van der Waals surface area contributed by atoms with Gasteiger partial charge in [-0.15, -0.1) is 0 Å². The van der Waals surface area contributed by atoms with Crippen molar-refractivity contribution in [1.82, 2.24) is 5.32 Å². The first-order valence-corrected chi connectivity index (χ1v) is 7.15. The van der Waals surface area contributed by atoms with Crippen LogP contribution in [0.4, 0.5) is 0 Å². The molecule has 1 amide bonds. The Morgan fingerprint density at radius 3 is 2.53 bits per heavy atom. The van der Waals surface area contributed by atoms with Crippen LogP contribution in [0.2, 0.25) is 0 Å². The molecule has 0 bridgehead atoms. The van der Waals surface area contributed by atoms with Crippen LogP contribution < -0.4 is 5.32 Å². The minimum Gasteiger partial charge on any atom is -0.356 e. The molecule has 0 aromatic carbocycles. The molecule has 1 atom stereocenters. The van der Waals surface area contributed by atoms with Gasteiger partial charge in [-0.2, -0.15) is 0 Å². The second kappa shape index (κ2) is 10.5. The van der Waals surface area contributed by atoms with Crippen molar-refractivity contribution >= 4 is 21.8 Å². The van der Waals surface area contributed by atoms with Gasteiger partial charge in [-0.1, -0.05) is 55.5 Å². The van der Waals surface area contributed by atoms with Crippen LogP contribution in [0.5, 0.6) is 0 Å². The van der Waals surface area contributed by atoms with E-state index in [4.69, 9.17) is 0 Å². The highest BCUT2D eigenvalue weighted by Gasteiger charge is 2.03. The molecule has 0 aliphatic rings. The fraction of sp³-hybridized carbons (Fsp3) is 0.917. The Morgan fingerprint density at radius 1 is 1.27 bits per heavy atom. The van der Waals surface area contributed by atoms with Crippen LogP contribution in [0.15, 0.2) is 0 Å². The van der Waals surface area contributed by atoms with E-state index in [1.54, 1.807) is 0 Å². The average Bonchev–Trinajstić information content (AvgIpc) is 2.25. The highest BCUT2D eigenvalue weighted by Crippen LogP contribution is 2.05. The Balaban J connectivity index is 3.26. The monoisotopic (exact) mass is 277 g/mol. The zero-order chi connectivity index (χ0) is 11.5. The van der Waals surface area contributed by atoms with Gasteiger partial charge in [0.1, 0.15) is 0 Å². The maximum Gasteiger partial charge on any atom is 0.220 e. The quantitative estimate of drug-likeness (QED) is 0.507. The van der Waals surface area contributed by atoms with Crippen molar-refractivity contribution in [2.75, 3.05) is 11.9 Å². The van der Waals surface area contributed by atoms with E-state index in [9.17, 15) is 4.79 Å². The van der Waals surface area contributed by atoms with Gasteiger partial charge < -0.3 is 5.32 Å². The van der Waals surface area contributed by atoms with Gasteiger partial charge in [0.25, 0.3) is 0 Å². The largest absolute Gasteiger partial charge is 0.356 e. The minimum absolute atomic E-state index is 0.208. The van der Waals surface area contributed by atoms with E-state index in [1.807, 2.05) is 0 Å². The smallest absolute Gasteiger partial charge is 0.220 e. The molecule has 0 rings (SSSR count). The van der Waals surface area contributed by atoms with E-state index < -0.39 is 0 Å². The first kappa shape index (κ1) is 14.9. The molecule has 0 fully saturated rings. The summed E-state index contributed by atoms with van der Waals surface area (Å²) in [6.07, 6.45) is 6.74. The summed E-state index contributed by atoms with van der Waals surface area (Å²) in [7, 11) is 0. The lowest BCUT2D eigenvalue weighted by Crippen LogP contribution is -2.28. The first-order chi connectivity index (χ1) is 7.20. The molecule has 0 radical (unpaired) electrons. The highest BCUT2D eigenvalue weighted by atomic mass is 79.9. The molecule has 0 saturated heterocycles. The van der Waals surface area contributed by atoms with Gasteiger partial charge in [0.2, 0.25) is 5.91 Å². The van der Waals surface area contributed by atoms with Gasteiger partial charge in [0.15, 0.2) is 0 Å². The standard InChI is InChI=1S/C12H24BrNO/c1-3-4-5-6-7-8-12(15)14-10-11(2)9-13/h11H,3-10H2,1-2H3,(H,14,15). The summed E-state index contributed by atoms with van der Waals surface area (Å²) in [5.41, 5.74) is 0. The Bertz CT molecular complexity index is 162. The predicted molar refractivity (Wildman–Crippen MR) is 69.3 cm³/mol. The van der Waals surface area contributed by atoms with Crippen LogP contribution in [0.25, 0.3) is 0 Å². The van der Waals surface area contributed by atoms with Crippen molar-refractivity contribution in [2.45, 2.75) is 52.4 Å².